The van der Waals surface area contributed by atoms with Gasteiger partial charge in [-0.15, -0.1) is 0 Å². The topological polar surface area (TPSA) is 66.5 Å². The van der Waals surface area contributed by atoms with Crippen LogP contribution >= 0.6 is 0 Å². The predicted molar refractivity (Wildman–Crippen MR) is 83.5 cm³/mol. The van der Waals surface area contributed by atoms with Gasteiger partial charge >= 0.3 is 6.18 Å². The minimum atomic E-state index is -4.68. The molecule has 1 aromatic carbocycles. The van der Waals surface area contributed by atoms with Crippen molar-refractivity contribution in [2.24, 2.45) is 0 Å². The Bertz CT molecular complexity index is 732. The first-order chi connectivity index (χ1) is 11.0. The van der Waals surface area contributed by atoms with Gasteiger partial charge in [-0.3, -0.25) is 4.79 Å². The van der Waals surface area contributed by atoms with E-state index >= 15 is 0 Å². The molecule has 0 aromatic heterocycles. The van der Waals surface area contributed by atoms with Crippen molar-refractivity contribution in [2.45, 2.75) is 36.9 Å². The molecule has 0 bridgehead atoms. The highest BCUT2D eigenvalue weighted by Crippen LogP contribution is 2.37. The lowest BCUT2D eigenvalue weighted by atomic mass is 10.1. The maximum Gasteiger partial charge on any atom is 0.418 e. The largest absolute Gasteiger partial charge is 0.418 e. The number of hydrogen-bond donors (Lipinski definition) is 1. The zero-order valence-corrected chi connectivity index (χ0v) is 14.2. The second-order valence-corrected chi connectivity index (χ2v) is 7.82. The lowest BCUT2D eigenvalue weighted by Crippen LogP contribution is -2.31. The van der Waals surface area contributed by atoms with Crippen LogP contribution in [0.3, 0.4) is 0 Å². The highest BCUT2D eigenvalue weighted by molar-refractivity contribution is 7.90. The summed E-state index contributed by atoms with van der Waals surface area (Å²) in [7, 11) is -3.73. The first-order valence-corrected chi connectivity index (χ1v) is 9.37. The van der Waals surface area contributed by atoms with Crippen LogP contribution in [0, 0.1) is 0 Å². The Balaban J connectivity index is 2.26. The fraction of sp³-hybridized carbons (Fsp3) is 0.533. The van der Waals surface area contributed by atoms with Crippen molar-refractivity contribution in [3.8, 4) is 0 Å². The molecule has 5 nitrogen and oxygen atoms in total. The summed E-state index contributed by atoms with van der Waals surface area (Å²) in [6.45, 7) is 2.56. The van der Waals surface area contributed by atoms with E-state index in [0.717, 1.165) is 18.4 Å². The highest BCUT2D eigenvalue weighted by atomic mass is 32.2. The maximum atomic E-state index is 13.3. The molecular formula is C15H19F3N2O3S. The van der Waals surface area contributed by atoms with E-state index in [-0.39, 0.29) is 22.5 Å². The van der Waals surface area contributed by atoms with Crippen LogP contribution in [-0.4, -0.2) is 44.6 Å². The molecule has 1 fully saturated rings. The molecular weight excluding hydrogens is 345 g/mol. The Morgan fingerprint density at radius 1 is 1.38 bits per heavy atom. The summed E-state index contributed by atoms with van der Waals surface area (Å²) in [5.41, 5.74) is -1.20. The summed E-state index contributed by atoms with van der Waals surface area (Å²) in [4.78, 5) is 12.9. The number of nitrogens with one attached hydrogen (secondary N) is 1. The quantitative estimate of drug-likeness (QED) is 0.892. The number of rotatable bonds is 4. The van der Waals surface area contributed by atoms with Gasteiger partial charge in [0.1, 0.15) is 0 Å². The van der Waals surface area contributed by atoms with E-state index in [1.807, 2.05) is 0 Å². The number of carbonyl (C=O) groups is 1. The van der Waals surface area contributed by atoms with E-state index in [9.17, 15) is 26.4 Å². The van der Waals surface area contributed by atoms with Gasteiger partial charge in [0, 0.05) is 37.5 Å². The van der Waals surface area contributed by atoms with E-state index in [1.54, 1.807) is 11.8 Å². The molecule has 1 aliphatic rings. The smallest absolute Gasteiger partial charge is 0.380 e. The van der Waals surface area contributed by atoms with E-state index in [1.165, 1.54) is 0 Å². The fourth-order valence-corrected chi connectivity index (χ4v) is 3.31. The van der Waals surface area contributed by atoms with Gasteiger partial charge in [-0.25, -0.2) is 8.42 Å². The van der Waals surface area contributed by atoms with Crippen LogP contribution in [0.2, 0.25) is 0 Å². The van der Waals surface area contributed by atoms with Crippen molar-refractivity contribution in [1.29, 1.82) is 0 Å². The Kier molecular flexibility index (Phi) is 5.12. The molecule has 0 saturated carbocycles. The van der Waals surface area contributed by atoms with Crippen molar-refractivity contribution in [3.05, 3.63) is 23.8 Å². The van der Waals surface area contributed by atoms with Gasteiger partial charge in [-0.05, 0) is 24.6 Å². The number of halogens is 3. The number of hydrogen-bond acceptors (Lipinski definition) is 4. The number of anilines is 1. The molecule has 0 radical (unpaired) electrons. The monoisotopic (exact) mass is 364 g/mol. The van der Waals surface area contributed by atoms with Crippen LogP contribution < -0.4 is 5.32 Å². The lowest BCUT2D eigenvalue weighted by molar-refractivity contribution is -0.137. The molecule has 1 saturated heterocycles. The molecule has 1 amide bonds. The molecule has 9 heteroatoms. The first kappa shape index (κ1) is 18.6. The third-order valence-electron chi connectivity index (χ3n) is 3.93. The number of benzene rings is 1. The number of likely N-dealkylation sites (tertiary alicyclic amines) is 1. The molecule has 1 heterocycles. The normalized spacial score (nSPS) is 18.7. The molecule has 134 valence electrons. The van der Waals surface area contributed by atoms with Crippen molar-refractivity contribution in [2.75, 3.05) is 24.7 Å². The molecule has 1 atom stereocenters. The second kappa shape index (κ2) is 6.62. The molecule has 0 unspecified atom stereocenters. The van der Waals surface area contributed by atoms with E-state index < -0.39 is 21.6 Å². The maximum absolute atomic E-state index is 13.3. The van der Waals surface area contributed by atoms with Gasteiger partial charge in [0.15, 0.2) is 9.84 Å². The Hall–Kier alpha value is -1.77. The lowest BCUT2D eigenvalue weighted by Gasteiger charge is -2.20. The molecule has 0 aliphatic carbocycles. The Labute approximate surface area is 138 Å². The number of carbonyl (C=O) groups excluding carboxylic acids is 1. The van der Waals surface area contributed by atoms with E-state index in [0.29, 0.717) is 32.0 Å². The molecule has 1 aromatic rings. The molecule has 0 spiro atoms. The molecule has 1 aliphatic heterocycles. The van der Waals surface area contributed by atoms with E-state index in [2.05, 4.69) is 5.32 Å². The average Bonchev–Trinajstić information content (AvgIpc) is 2.93. The summed E-state index contributed by atoms with van der Waals surface area (Å²) < 4.78 is 62.7. The summed E-state index contributed by atoms with van der Waals surface area (Å²) >= 11 is 0. The third kappa shape index (κ3) is 4.19. The zero-order chi connectivity index (χ0) is 18.1. The van der Waals surface area contributed by atoms with Crippen LogP contribution in [0.1, 0.15) is 25.3 Å². The van der Waals surface area contributed by atoms with Crippen LogP contribution in [0.4, 0.5) is 18.9 Å². The van der Waals surface area contributed by atoms with Crippen molar-refractivity contribution in [3.63, 3.8) is 0 Å². The summed E-state index contributed by atoms with van der Waals surface area (Å²) in [5.74, 6) is -0.0391. The number of alkyl halides is 3. The van der Waals surface area contributed by atoms with E-state index in [4.69, 9.17) is 0 Å². The van der Waals surface area contributed by atoms with Gasteiger partial charge in [0.2, 0.25) is 5.91 Å². The summed E-state index contributed by atoms with van der Waals surface area (Å²) in [5, 5.41) is 2.79. The highest BCUT2D eigenvalue weighted by Gasteiger charge is 2.36. The Morgan fingerprint density at radius 3 is 2.58 bits per heavy atom. The fourth-order valence-electron chi connectivity index (χ4n) is 2.66. The SMILES string of the molecule is CCC(=O)N1CC[C@@H](Nc2ccc(S(C)(=O)=O)cc2C(F)(F)F)C1. The number of amides is 1. The minimum absolute atomic E-state index is 0.0391. The second-order valence-electron chi connectivity index (χ2n) is 5.80. The number of sulfone groups is 1. The molecule has 1 N–H and O–H groups in total. The van der Waals surface area contributed by atoms with Crippen LogP contribution in [-0.2, 0) is 20.8 Å². The van der Waals surface area contributed by atoms with Gasteiger partial charge in [-0.1, -0.05) is 6.92 Å². The minimum Gasteiger partial charge on any atom is -0.380 e. The third-order valence-corrected chi connectivity index (χ3v) is 5.04. The molecule has 2 rings (SSSR count). The van der Waals surface area contributed by atoms with Crippen molar-refractivity contribution < 1.29 is 26.4 Å². The zero-order valence-electron chi connectivity index (χ0n) is 13.4. The van der Waals surface area contributed by atoms with Crippen LogP contribution in [0.25, 0.3) is 0 Å². The molecule has 24 heavy (non-hydrogen) atoms. The summed E-state index contributed by atoms with van der Waals surface area (Å²) in [6.07, 6.45) is -2.93. The van der Waals surface area contributed by atoms with Gasteiger partial charge < -0.3 is 10.2 Å². The van der Waals surface area contributed by atoms with Crippen molar-refractivity contribution >= 4 is 21.4 Å². The first-order valence-electron chi connectivity index (χ1n) is 7.48. The number of nitrogens with zero attached hydrogens (tertiary/aromatic N) is 1. The van der Waals surface area contributed by atoms with Gasteiger partial charge in [-0.2, -0.15) is 13.2 Å². The van der Waals surface area contributed by atoms with Crippen LogP contribution in [0.15, 0.2) is 23.1 Å². The summed E-state index contributed by atoms with van der Waals surface area (Å²) in [6, 6.07) is 2.62. The standard InChI is InChI=1S/C15H19F3N2O3S/c1-3-14(21)20-7-6-10(9-20)19-13-5-4-11(24(2,22)23)8-12(13)15(16,17)18/h4-5,8,10,19H,3,6-7,9H2,1-2H3/t10-/m1/s1. The average molecular weight is 364 g/mol. The predicted octanol–water partition coefficient (Wildman–Crippen LogP) is 2.53. The van der Waals surface area contributed by atoms with Gasteiger partial charge in [0.05, 0.1) is 10.5 Å². The Morgan fingerprint density at radius 2 is 2.04 bits per heavy atom. The van der Waals surface area contributed by atoms with Crippen LogP contribution in [0.5, 0.6) is 0 Å². The van der Waals surface area contributed by atoms with Crippen molar-refractivity contribution in [1.82, 2.24) is 4.90 Å². The van der Waals surface area contributed by atoms with Gasteiger partial charge in [0.25, 0.3) is 0 Å².